The van der Waals surface area contributed by atoms with Crippen molar-refractivity contribution in [3.63, 3.8) is 0 Å². The zero-order chi connectivity index (χ0) is 14.3. The standard InChI is InChI=1S/C13H23N2O4/c1-5-10-19-13(18-7-3,12(16)17-6-2)15-9-8-14(4)11-15/h8-9,11H,5-7,10H2,1-4H3/q+1. The quantitative estimate of drug-likeness (QED) is 0.401. The van der Waals surface area contributed by atoms with E-state index in [0.717, 1.165) is 6.42 Å². The van der Waals surface area contributed by atoms with Gasteiger partial charge >= 0.3 is 11.9 Å². The Bertz CT molecular complexity index is 405. The van der Waals surface area contributed by atoms with Crippen molar-refractivity contribution in [3.05, 3.63) is 18.7 Å². The van der Waals surface area contributed by atoms with Crippen LogP contribution in [0.3, 0.4) is 0 Å². The predicted molar refractivity (Wildman–Crippen MR) is 68.1 cm³/mol. The summed E-state index contributed by atoms with van der Waals surface area (Å²) >= 11 is 0. The highest BCUT2D eigenvalue weighted by atomic mass is 16.7. The fourth-order valence-corrected chi connectivity index (χ4v) is 1.70. The Morgan fingerprint density at radius 2 is 2.00 bits per heavy atom. The summed E-state index contributed by atoms with van der Waals surface area (Å²) in [7, 11) is 1.86. The molecule has 0 fully saturated rings. The van der Waals surface area contributed by atoms with E-state index in [1.165, 1.54) is 0 Å². The van der Waals surface area contributed by atoms with Crippen LogP contribution in [0.1, 0.15) is 27.2 Å². The molecule has 1 heterocycles. The van der Waals surface area contributed by atoms with Crippen LogP contribution in [0.2, 0.25) is 0 Å². The van der Waals surface area contributed by atoms with Gasteiger partial charge in [-0.05, 0) is 20.3 Å². The van der Waals surface area contributed by atoms with Crippen LogP contribution in [0.25, 0.3) is 0 Å². The molecule has 0 radical (unpaired) electrons. The summed E-state index contributed by atoms with van der Waals surface area (Å²) in [6, 6.07) is 0. The van der Waals surface area contributed by atoms with E-state index in [0.29, 0.717) is 13.2 Å². The van der Waals surface area contributed by atoms with Crippen LogP contribution in [0.4, 0.5) is 0 Å². The third-order valence-electron chi connectivity index (χ3n) is 2.48. The van der Waals surface area contributed by atoms with Gasteiger partial charge in [0.1, 0.15) is 12.4 Å². The van der Waals surface area contributed by atoms with Crippen LogP contribution in [-0.4, -0.2) is 30.4 Å². The van der Waals surface area contributed by atoms with E-state index in [1.54, 1.807) is 24.0 Å². The maximum absolute atomic E-state index is 12.3. The molecule has 1 atom stereocenters. The summed E-state index contributed by atoms with van der Waals surface area (Å²) in [5.74, 6) is -2.08. The minimum Gasteiger partial charge on any atom is -0.459 e. The number of ether oxygens (including phenoxy) is 3. The molecule has 0 aliphatic heterocycles. The normalized spacial score (nSPS) is 14.1. The fourth-order valence-electron chi connectivity index (χ4n) is 1.70. The second kappa shape index (κ2) is 7.25. The molecule has 19 heavy (non-hydrogen) atoms. The third-order valence-corrected chi connectivity index (χ3v) is 2.48. The van der Waals surface area contributed by atoms with Crippen LogP contribution in [0.15, 0.2) is 18.7 Å². The van der Waals surface area contributed by atoms with Crippen molar-refractivity contribution in [1.82, 2.24) is 4.57 Å². The van der Waals surface area contributed by atoms with Gasteiger partial charge in [0.05, 0.1) is 26.9 Å². The predicted octanol–water partition coefficient (Wildman–Crippen LogP) is 0.949. The van der Waals surface area contributed by atoms with Gasteiger partial charge in [-0.1, -0.05) is 6.92 Å². The average Bonchev–Trinajstić information content (AvgIpc) is 2.82. The van der Waals surface area contributed by atoms with Crippen molar-refractivity contribution in [2.24, 2.45) is 7.05 Å². The van der Waals surface area contributed by atoms with Gasteiger partial charge in [0, 0.05) is 0 Å². The van der Waals surface area contributed by atoms with E-state index >= 15 is 0 Å². The topological polar surface area (TPSA) is 53.6 Å². The summed E-state index contributed by atoms with van der Waals surface area (Å²) in [5, 5.41) is 0. The van der Waals surface area contributed by atoms with Gasteiger partial charge < -0.3 is 14.2 Å². The molecular weight excluding hydrogens is 248 g/mol. The van der Waals surface area contributed by atoms with Crippen LogP contribution in [0.5, 0.6) is 0 Å². The molecule has 0 N–H and O–H groups in total. The van der Waals surface area contributed by atoms with E-state index in [-0.39, 0.29) is 6.61 Å². The number of rotatable bonds is 8. The van der Waals surface area contributed by atoms with E-state index in [4.69, 9.17) is 14.2 Å². The molecule has 0 aromatic carbocycles. The number of hydrogen-bond acceptors (Lipinski definition) is 4. The third kappa shape index (κ3) is 3.54. The lowest BCUT2D eigenvalue weighted by Gasteiger charge is -2.26. The summed E-state index contributed by atoms with van der Waals surface area (Å²) < 4.78 is 19.8. The zero-order valence-electron chi connectivity index (χ0n) is 12.1. The fraction of sp³-hybridized carbons (Fsp3) is 0.692. The first-order valence-corrected chi connectivity index (χ1v) is 6.59. The van der Waals surface area contributed by atoms with Crippen molar-refractivity contribution in [2.75, 3.05) is 19.8 Å². The van der Waals surface area contributed by atoms with Crippen LogP contribution >= 0.6 is 0 Å². The summed E-state index contributed by atoms with van der Waals surface area (Å²) in [5.41, 5.74) is 0. The van der Waals surface area contributed by atoms with E-state index in [1.807, 2.05) is 31.7 Å². The molecule has 0 aliphatic carbocycles. The maximum Gasteiger partial charge on any atom is 0.430 e. The molecular formula is C13H23N2O4+. The highest BCUT2D eigenvalue weighted by Crippen LogP contribution is 2.22. The number of aromatic nitrogens is 2. The Morgan fingerprint density at radius 3 is 2.47 bits per heavy atom. The van der Waals surface area contributed by atoms with E-state index in [2.05, 4.69) is 0 Å². The van der Waals surface area contributed by atoms with Gasteiger partial charge in [-0.2, -0.15) is 4.57 Å². The van der Waals surface area contributed by atoms with Crippen LogP contribution in [-0.2, 0) is 32.0 Å². The second-order valence-electron chi connectivity index (χ2n) is 4.07. The molecule has 0 aliphatic rings. The number of esters is 1. The molecule has 108 valence electrons. The number of hydrogen-bond donors (Lipinski definition) is 0. The number of aryl methyl sites for hydroxylation is 1. The molecule has 1 unspecified atom stereocenters. The monoisotopic (exact) mass is 271 g/mol. The minimum absolute atomic E-state index is 0.274. The lowest BCUT2D eigenvalue weighted by molar-refractivity contribution is -0.671. The number of carbonyl (C=O) groups excluding carboxylic acids is 1. The largest absolute Gasteiger partial charge is 0.459 e. The Morgan fingerprint density at radius 1 is 1.26 bits per heavy atom. The van der Waals surface area contributed by atoms with Gasteiger partial charge in [0.25, 0.3) is 0 Å². The lowest BCUT2D eigenvalue weighted by atomic mass is 10.4. The molecule has 6 heteroatoms. The Hall–Kier alpha value is -1.40. The highest BCUT2D eigenvalue weighted by molar-refractivity contribution is 5.75. The first-order valence-electron chi connectivity index (χ1n) is 6.59. The molecule has 1 rings (SSSR count). The highest BCUT2D eigenvalue weighted by Gasteiger charge is 2.50. The first-order chi connectivity index (χ1) is 9.10. The minimum atomic E-state index is -1.54. The molecule has 0 amide bonds. The summed E-state index contributed by atoms with van der Waals surface area (Å²) in [6.07, 6.45) is 6.04. The van der Waals surface area contributed by atoms with Crippen molar-refractivity contribution >= 4 is 5.97 Å². The van der Waals surface area contributed by atoms with Gasteiger partial charge in [0.15, 0.2) is 0 Å². The van der Waals surface area contributed by atoms with Crippen molar-refractivity contribution < 1.29 is 23.6 Å². The smallest absolute Gasteiger partial charge is 0.430 e. The second-order valence-corrected chi connectivity index (χ2v) is 4.07. The maximum atomic E-state index is 12.3. The lowest BCUT2D eigenvalue weighted by Crippen LogP contribution is -2.48. The Kier molecular flexibility index (Phi) is 5.98. The first kappa shape index (κ1) is 15.7. The molecule has 0 spiro atoms. The van der Waals surface area contributed by atoms with Crippen molar-refractivity contribution in [1.29, 1.82) is 0 Å². The molecule has 1 aromatic rings. The number of nitrogens with zero attached hydrogens (tertiary/aromatic N) is 2. The summed E-state index contributed by atoms with van der Waals surface area (Å²) in [6.45, 7) is 6.55. The molecule has 1 aromatic heterocycles. The average molecular weight is 271 g/mol. The van der Waals surface area contributed by atoms with Crippen LogP contribution in [0, 0.1) is 0 Å². The molecule has 6 nitrogen and oxygen atoms in total. The van der Waals surface area contributed by atoms with Gasteiger partial charge in [0.2, 0.25) is 6.33 Å². The Balaban J connectivity index is 3.13. The van der Waals surface area contributed by atoms with Gasteiger partial charge in [-0.25, -0.2) is 9.36 Å². The molecule has 0 saturated carbocycles. The van der Waals surface area contributed by atoms with E-state index < -0.39 is 11.9 Å². The zero-order valence-corrected chi connectivity index (χ0v) is 12.1. The van der Waals surface area contributed by atoms with Gasteiger partial charge in [-0.15, -0.1) is 0 Å². The number of imidazole rings is 1. The van der Waals surface area contributed by atoms with Crippen LogP contribution < -0.4 is 4.57 Å². The van der Waals surface area contributed by atoms with Gasteiger partial charge in [-0.3, -0.25) is 0 Å². The van der Waals surface area contributed by atoms with E-state index in [9.17, 15) is 4.79 Å². The van der Waals surface area contributed by atoms with Crippen molar-refractivity contribution in [3.8, 4) is 0 Å². The Labute approximate surface area is 113 Å². The molecule has 0 saturated heterocycles. The number of carbonyl (C=O) groups is 1. The molecule has 0 bridgehead atoms. The SMILES string of the molecule is CCCOC(OCC)(C(=O)OCC)n1cc[n+](C)c1. The van der Waals surface area contributed by atoms with Crippen molar-refractivity contribution in [2.45, 2.75) is 33.1 Å². The summed E-state index contributed by atoms with van der Waals surface area (Å²) in [4.78, 5) is 12.3.